The van der Waals surface area contributed by atoms with Crippen molar-refractivity contribution in [2.45, 2.75) is 18.6 Å². The number of carbonyl (C=O) groups excluding carboxylic acids is 1. The molecule has 0 N–H and O–H groups in total. The lowest BCUT2D eigenvalue weighted by Crippen LogP contribution is -2.22. The Hall–Kier alpha value is -2.07. The molecule has 0 radical (unpaired) electrons. The number of nitriles is 1. The molecule has 1 rings (SSSR count). The van der Waals surface area contributed by atoms with Gasteiger partial charge in [-0.1, -0.05) is 12.1 Å². The van der Waals surface area contributed by atoms with Gasteiger partial charge in [-0.05, 0) is 30.7 Å². The molecule has 0 heterocycles. The highest BCUT2D eigenvalue weighted by molar-refractivity contribution is 8.04. The van der Waals surface area contributed by atoms with E-state index in [9.17, 15) is 14.9 Å². The second-order valence-electron chi connectivity index (χ2n) is 3.58. The number of thioether (sulfide) groups is 1. The van der Waals surface area contributed by atoms with Gasteiger partial charge in [0.25, 0.3) is 5.69 Å². The molecule has 0 bridgehead atoms. The number of benzene rings is 1. The number of rotatable bonds is 6. The molecule has 0 saturated carbocycles. The van der Waals surface area contributed by atoms with Crippen molar-refractivity contribution in [2.24, 2.45) is 0 Å². The summed E-state index contributed by atoms with van der Waals surface area (Å²) < 4.78 is 4.86. The molecule has 7 heteroatoms. The first-order valence-electron chi connectivity index (χ1n) is 5.53. The third kappa shape index (κ3) is 4.60. The fourth-order valence-corrected chi connectivity index (χ4v) is 2.05. The molecule has 0 amide bonds. The molecule has 100 valence electrons. The van der Waals surface area contributed by atoms with E-state index in [4.69, 9.17) is 10.00 Å². The van der Waals surface area contributed by atoms with Crippen LogP contribution in [0.5, 0.6) is 0 Å². The van der Waals surface area contributed by atoms with E-state index in [2.05, 4.69) is 0 Å². The highest BCUT2D eigenvalue weighted by Gasteiger charge is 2.22. The molecule has 6 nitrogen and oxygen atoms in total. The fourth-order valence-electron chi connectivity index (χ4n) is 1.48. The fraction of sp³-hybridized carbons (Fsp3) is 0.333. The van der Waals surface area contributed by atoms with E-state index in [-0.39, 0.29) is 18.7 Å². The van der Waals surface area contributed by atoms with Crippen molar-refractivity contribution >= 4 is 23.4 Å². The van der Waals surface area contributed by atoms with E-state index < -0.39 is 16.1 Å². The van der Waals surface area contributed by atoms with Gasteiger partial charge < -0.3 is 4.74 Å². The predicted octanol–water partition coefficient (Wildman–Crippen LogP) is 2.28. The van der Waals surface area contributed by atoms with E-state index in [0.717, 1.165) is 11.8 Å². The van der Waals surface area contributed by atoms with Gasteiger partial charge >= 0.3 is 5.97 Å². The molecule has 1 aromatic rings. The number of ether oxygens (including phenoxy) is 1. The molecule has 0 aliphatic rings. The summed E-state index contributed by atoms with van der Waals surface area (Å²) in [5.41, 5.74) is 0.581. The highest BCUT2D eigenvalue weighted by atomic mass is 32.2. The minimum Gasteiger partial charge on any atom is -0.465 e. The number of thiocyanates is 1. The summed E-state index contributed by atoms with van der Waals surface area (Å²) in [7, 11) is 0. The lowest BCUT2D eigenvalue weighted by Gasteiger charge is -2.11. The van der Waals surface area contributed by atoms with Crippen molar-refractivity contribution in [3.63, 3.8) is 0 Å². The van der Waals surface area contributed by atoms with E-state index in [1.165, 1.54) is 12.1 Å². The quantitative estimate of drug-likeness (QED) is 0.343. The largest absolute Gasteiger partial charge is 0.465 e. The number of nitro benzene ring substituents is 1. The maximum absolute atomic E-state index is 11.6. The van der Waals surface area contributed by atoms with Gasteiger partial charge in [0.2, 0.25) is 0 Å². The minimum atomic E-state index is -0.674. The van der Waals surface area contributed by atoms with Crippen molar-refractivity contribution in [2.75, 3.05) is 6.61 Å². The maximum atomic E-state index is 11.6. The number of hydrogen-bond donors (Lipinski definition) is 0. The van der Waals surface area contributed by atoms with E-state index in [1.807, 2.05) is 5.40 Å². The van der Waals surface area contributed by atoms with Crippen molar-refractivity contribution < 1.29 is 14.5 Å². The molecule has 0 fully saturated rings. The van der Waals surface area contributed by atoms with Crippen molar-refractivity contribution in [1.82, 2.24) is 0 Å². The topological polar surface area (TPSA) is 93.2 Å². The summed E-state index contributed by atoms with van der Waals surface area (Å²) >= 11 is 0.795. The minimum absolute atomic E-state index is 0.0398. The van der Waals surface area contributed by atoms with E-state index in [0.29, 0.717) is 5.56 Å². The van der Waals surface area contributed by atoms with Crippen LogP contribution in [0.3, 0.4) is 0 Å². The number of nitro groups is 1. The van der Waals surface area contributed by atoms with Crippen LogP contribution in [0.2, 0.25) is 0 Å². The van der Waals surface area contributed by atoms with Crippen molar-refractivity contribution in [3.8, 4) is 5.40 Å². The van der Waals surface area contributed by atoms with Crippen molar-refractivity contribution in [1.29, 1.82) is 5.26 Å². The van der Waals surface area contributed by atoms with Crippen LogP contribution in [0.25, 0.3) is 0 Å². The average molecular weight is 280 g/mol. The van der Waals surface area contributed by atoms with Gasteiger partial charge in [0.05, 0.1) is 11.5 Å². The molecule has 1 atom stereocenters. The number of non-ortho nitro benzene ring substituents is 1. The highest BCUT2D eigenvalue weighted by Crippen LogP contribution is 2.20. The summed E-state index contributed by atoms with van der Waals surface area (Å²) in [6.45, 7) is 1.91. The van der Waals surface area contributed by atoms with Gasteiger partial charge in [-0.3, -0.25) is 14.9 Å². The Bertz CT molecular complexity index is 513. The van der Waals surface area contributed by atoms with Gasteiger partial charge in [-0.2, -0.15) is 5.26 Å². The summed E-state index contributed by atoms with van der Waals surface area (Å²) in [4.78, 5) is 21.8. The third-order valence-corrected chi connectivity index (χ3v) is 3.04. The Labute approximate surface area is 114 Å². The first-order valence-corrected chi connectivity index (χ1v) is 6.41. The van der Waals surface area contributed by atoms with Gasteiger partial charge in [0, 0.05) is 12.1 Å². The first-order chi connectivity index (χ1) is 9.08. The molecule has 0 unspecified atom stereocenters. The van der Waals surface area contributed by atoms with E-state index in [1.54, 1.807) is 19.1 Å². The Morgan fingerprint density at radius 3 is 2.95 bits per heavy atom. The molecular weight excluding hydrogens is 268 g/mol. The van der Waals surface area contributed by atoms with Crippen LogP contribution >= 0.6 is 11.8 Å². The summed E-state index contributed by atoms with van der Waals surface area (Å²) in [6, 6.07) is 5.99. The van der Waals surface area contributed by atoms with Crippen LogP contribution in [-0.4, -0.2) is 22.7 Å². The molecule has 0 aliphatic carbocycles. The zero-order chi connectivity index (χ0) is 14.3. The molecule has 0 aliphatic heterocycles. The molecule has 0 aromatic heterocycles. The number of hydrogen-bond acceptors (Lipinski definition) is 6. The van der Waals surface area contributed by atoms with Gasteiger partial charge in [-0.25, -0.2) is 0 Å². The SMILES string of the molecule is CCOC(=O)[C@@H](Cc1cccc([N+](=O)[O-])c1)SC#N. The number of esters is 1. The summed E-state index contributed by atoms with van der Waals surface area (Å²) in [5, 5.41) is 20.5. The Morgan fingerprint density at radius 1 is 1.63 bits per heavy atom. The van der Waals surface area contributed by atoms with Crippen LogP contribution in [0, 0.1) is 20.8 Å². The molecular formula is C12H12N2O4S. The predicted molar refractivity (Wildman–Crippen MR) is 70.4 cm³/mol. The van der Waals surface area contributed by atoms with E-state index >= 15 is 0 Å². The first kappa shape index (κ1) is 15.0. The van der Waals surface area contributed by atoms with Crippen molar-refractivity contribution in [3.05, 3.63) is 39.9 Å². The number of nitrogens with zero attached hydrogens (tertiary/aromatic N) is 2. The zero-order valence-corrected chi connectivity index (χ0v) is 11.1. The van der Waals surface area contributed by atoms with Gasteiger partial charge in [0.1, 0.15) is 10.7 Å². The van der Waals surface area contributed by atoms with Crippen LogP contribution in [0.1, 0.15) is 12.5 Å². The molecule has 0 spiro atoms. The number of carbonyl (C=O) groups is 1. The van der Waals surface area contributed by atoms with Gasteiger partial charge in [0.15, 0.2) is 0 Å². The lowest BCUT2D eigenvalue weighted by atomic mass is 10.1. The molecule has 19 heavy (non-hydrogen) atoms. The summed E-state index contributed by atoms with van der Waals surface area (Å²) in [6.07, 6.45) is 0.221. The van der Waals surface area contributed by atoms with Crippen LogP contribution in [0.15, 0.2) is 24.3 Å². The zero-order valence-electron chi connectivity index (χ0n) is 10.2. The monoisotopic (exact) mass is 280 g/mol. The van der Waals surface area contributed by atoms with Crippen LogP contribution in [0.4, 0.5) is 5.69 Å². The Kier molecular flexibility index (Phi) is 5.82. The normalized spacial score (nSPS) is 11.4. The maximum Gasteiger partial charge on any atom is 0.320 e. The van der Waals surface area contributed by atoms with Gasteiger partial charge in [-0.15, -0.1) is 0 Å². The summed E-state index contributed by atoms with van der Waals surface area (Å²) in [5.74, 6) is -0.486. The third-order valence-electron chi connectivity index (χ3n) is 2.29. The lowest BCUT2D eigenvalue weighted by molar-refractivity contribution is -0.384. The Morgan fingerprint density at radius 2 is 2.37 bits per heavy atom. The molecule has 1 aromatic carbocycles. The molecule has 0 saturated heterocycles. The second-order valence-corrected chi connectivity index (χ2v) is 4.57. The van der Waals surface area contributed by atoms with Crippen LogP contribution in [-0.2, 0) is 16.0 Å². The standard InChI is InChI=1S/C12H12N2O4S/c1-2-18-12(15)11(19-8-13)7-9-4-3-5-10(6-9)14(16)17/h3-6,11H,2,7H2,1H3/t11-/m1/s1. The second kappa shape index (κ2) is 7.38. The smallest absolute Gasteiger partial charge is 0.320 e. The average Bonchev–Trinajstić information content (AvgIpc) is 2.39. The Balaban J connectivity index is 2.84. The van der Waals surface area contributed by atoms with Crippen LogP contribution < -0.4 is 0 Å².